The van der Waals surface area contributed by atoms with Crippen LogP contribution >= 0.6 is 11.8 Å². The van der Waals surface area contributed by atoms with Gasteiger partial charge in [-0.1, -0.05) is 0 Å². The number of imide groups is 1. The third kappa shape index (κ3) is 3.75. The second-order valence-electron chi connectivity index (χ2n) is 5.69. The van der Waals surface area contributed by atoms with Crippen LogP contribution in [0, 0.1) is 17.0 Å². The lowest BCUT2D eigenvalue weighted by Crippen LogP contribution is -2.36. The van der Waals surface area contributed by atoms with Gasteiger partial charge in [0, 0.05) is 23.3 Å². The van der Waals surface area contributed by atoms with Crippen molar-refractivity contribution < 1.29 is 23.7 Å². The molecule has 27 heavy (non-hydrogen) atoms. The molecule has 3 rings (SSSR count). The number of nitro benzene ring substituents is 1. The first kappa shape index (κ1) is 18.4. The molecular weight excluding hydrogens is 374 g/mol. The highest BCUT2D eigenvalue weighted by molar-refractivity contribution is 8.18. The molecule has 3 amide bonds. The Kier molecular flexibility index (Phi) is 4.82. The predicted octanol–water partition coefficient (Wildman–Crippen LogP) is 2.68. The lowest BCUT2D eigenvalue weighted by molar-refractivity contribution is -0.385. The number of aryl methyl sites for hydroxylation is 1. The maximum Gasteiger partial charge on any atom is 0.294 e. The predicted molar refractivity (Wildman–Crippen MR) is 97.4 cm³/mol. The van der Waals surface area contributed by atoms with Gasteiger partial charge in [0.25, 0.3) is 16.8 Å². The van der Waals surface area contributed by atoms with Gasteiger partial charge in [-0.15, -0.1) is 0 Å². The van der Waals surface area contributed by atoms with Crippen LogP contribution in [0.25, 0.3) is 17.4 Å². The Labute approximate surface area is 157 Å². The zero-order valence-electron chi connectivity index (χ0n) is 14.0. The molecular formula is C17H13N3O6S. The van der Waals surface area contributed by atoms with Gasteiger partial charge in [-0.2, -0.15) is 0 Å². The Morgan fingerprint density at radius 2 is 2.07 bits per heavy atom. The van der Waals surface area contributed by atoms with Crippen LogP contribution in [0.5, 0.6) is 0 Å². The van der Waals surface area contributed by atoms with E-state index >= 15 is 0 Å². The number of nitro groups is 1. The SMILES string of the molecule is Cc1cc(-c2ccc(/C=C3\SC(=O)N(CC(N)=O)C3=O)o2)ccc1[N+](=O)[O-]. The van der Waals surface area contributed by atoms with E-state index in [1.807, 2.05) is 0 Å². The fourth-order valence-electron chi connectivity index (χ4n) is 2.52. The second-order valence-corrected chi connectivity index (χ2v) is 6.69. The Bertz CT molecular complexity index is 1010. The minimum Gasteiger partial charge on any atom is -0.457 e. The van der Waals surface area contributed by atoms with Gasteiger partial charge in [0.05, 0.1) is 9.83 Å². The van der Waals surface area contributed by atoms with Crippen molar-refractivity contribution in [1.29, 1.82) is 0 Å². The number of nitrogens with two attached hydrogens (primary N) is 1. The highest BCUT2D eigenvalue weighted by atomic mass is 32.2. The number of hydrogen-bond donors (Lipinski definition) is 1. The van der Waals surface area contributed by atoms with Gasteiger partial charge in [0.15, 0.2) is 0 Å². The van der Waals surface area contributed by atoms with Crippen molar-refractivity contribution in [3.63, 3.8) is 0 Å². The number of benzene rings is 1. The molecule has 2 heterocycles. The molecule has 0 saturated carbocycles. The highest BCUT2D eigenvalue weighted by Gasteiger charge is 2.36. The number of hydrogen-bond acceptors (Lipinski definition) is 7. The van der Waals surface area contributed by atoms with E-state index in [9.17, 15) is 24.5 Å². The van der Waals surface area contributed by atoms with Crippen molar-refractivity contribution in [2.45, 2.75) is 6.92 Å². The number of nitrogens with zero attached hydrogens (tertiary/aromatic N) is 2. The zero-order valence-corrected chi connectivity index (χ0v) is 14.8. The topological polar surface area (TPSA) is 137 Å². The summed E-state index contributed by atoms with van der Waals surface area (Å²) in [6, 6.07) is 7.84. The Balaban J connectivity index is 1.84. The monoisotopic (exact) mass is 387 g/mol. The molecule has 2 aromatic rings. The van der Waals surface area contributed by atoms with Crippen LogP contribution < -0.4 is 5.73 Å². The van der Waals surface area contributed by atoms with Crippen LogP contribution in [0.1, 0.15) is 11.3 Å². The first-order valence-electron chi connectivity index (χ1n) is 7.65. The van der Waals surface area contributed by atoms with Crippen molar-refractivity contribution in [2.24, 2.45) is 5.73 Å². The van der Waals surface area contributed by atoms with Gasteiger partial charge >= 0.3 is 0 Å². The number of thioether (sulfide) groups is 1. The number of carbonyl (C=O) groups is 3. The van der Waals surface area contributed by atoms with Gasteiger partial charge in [0.1, 0.15) is 18.1 Å². The molecule has 1 fully saturated rings. The fraction of sp³-hybridized carbons (Fsp3) is 0.118. The quantitative estimate of drug-likeness (QED) is 0.473. The molecule has 1 aliphatic rings. The summed E-state index contributed by atoms with van der Waals surface area (Å²) in [5.74, 6) is -0.624. The summed E-state index contributed by atoms with van der Waals surface area (Å²) >= 11 is 0.687. The standard InChI is InChI=1S/C17H13N3O6S/c1-9-6-10(2-4-12(9)20(24)25)13-5-3-11(26-13)7-14-16(22)19(8-15(18)21)17(23)27-14/h2-7H,8H2,1H3,(H2,18,21)/b14-7-. The lowest BCUT2D eigenvalue weighted by atomic mass is 10.1. The minimum atomic E-state index is -0.785. The molecule has 2 N–H and O–H groups in total. The third-order valence-electron chi connectivity index (χ3n) is 3.77. The van der Waals surface area contributed by atoms with E-state index in [0.29, 0.717) is 34.4 Å². The summed E-state index contributed by atoms with van der Waals surface area (Å²) in [5, 5.41) is 10.3. The number of primary amides is 1. The van der Waals surface area contributed by atoms with E-state index in [0.717, 1.165) is 4.90 Å². The molecule has 0 atom stereocenters. The first-order valence-corrected chi connectivity index (χ1v) is 8.47. The van der Waals surface area contributed by atoms with E-state index in [-0.39, 0.29) is 10.6 Å². The van der Waals surface area contributed by atoms with E-state index in [4.69, 9.17) is 10.2 Å². The van der Waals surface area contributed by atoms with Crippen LogP contribution in [-0.4, -0.2) is 33.4 Å². The summed E-state index contributed by atoms with van der Waals surface area (Å²) in [5.41, 5.74) is 6.16. The molecule has 1 aromatic heterocycles. The van der Waals surface area contributed by atoms with E-state index in [1.54, 1.807) is 31.2 Å². The molecule has 1 saturated heterocycles. The molecule has 1 aromatic carbocycles. The van der Waals surface area contributed by atoms with Gasteiger partial charge in [-0.3, -0.25) is 29.4 Å². The van der Waals surface area contributed by atoms with Crippen LogP contribution in [-0.2, 0) is 9.59 Å². The third-order valence-corrected chi connectivity index (χ3v) is 4.67. The van der Waals surface area contributed by atoms with Crippen molar-refractivity contribution in [3.05, 3.63) is 56.7 Å². The lowest BCUT2D eigenvalue weighted by Gasteiger charge is -2.08. The van der Waals surface area contributed by atoms with Gasteiger partial charge < -0.3 is 10.2 Å². The summed E-state index contributed by atoms with van der Waals surface area (Å²) in [6.07, 6.45) is 1.40. The number of amides is 3. The normalized spacial score (nSPS) is 15.6. The molecule has 0 aliphatic carbocycles. The van der Waals surface area contributed by atoms with E-state index in [1.165, 1.54) is 12.1 Å². The molecule has 0 unspecified atom stereocenters. The van der Waals surface area contributed by atoms with Crippen molar-refractivity contribution in [2.75, 3.05) is 6.54 Å². The second kappa shape index (κ2) is 7.08. The number of furan rings is 1. The maximum absolute atomic E-state index is 12.2. The Hall–Kier alpha value is -3.40. The molecule has 138 valence electrons. The number of rotatable bonds is 5. The van der Waals surface area contributed by atoms with Crippen LogP contribution in [0.3, 0.4) is 0 Å². The van der Waals surface area contributed by atoms with Gasteiger partial charge in [0.2, 0.25) is 5.91 Å². The van der Waals surface area contributed by atoms with Crippen LogP contribution in [0.15, 0.2) is 39.7 Å². The molecule has 9 nitrogen and oxygen atoms in total. The fourth-order valence-corrected chi connectivity index (χ4v) is 3.34. The first-order chi connectivity index (χ1) is 12.8. The van der Waals surface area contributed by atoms with Crippen LogP contribution in [0.2, 0.25) is 0 Å². The van der Waals surface area contributed by atoms with E-state index in [2.05, 4.69) is 0 Å². The van der Waals surface area contributed by atoms with Gasteiger partial charge in [-0.05, 0) is 43.0 Å². The van der Waals surface area contributed by atoms with Crippen molar-refractivity contribution >= 4 is 40.6 Å². The molecule has 0 radical (unpaired) electrons. The van der Waals surface area contributed by atoms with Crippen molar-refractivity contribution in [1.82, 2.24) is 4.90 Å². The summed E-state index contributed by atoms with van der Waals surface area (Å²) in [7, 11) is 0. The summed E-state index contributed by atoms with van der Waals surface area (Å²) < 4.78 is 5.65. The summed E-state index contributed by atoms with van der Waals surface area (Å²) in [6.45, 7) is 1.15. The summed E-state index contributed by atoms with van der Waals surface area (Å²) in [4.78, 5) is 46.3. The molecule has 0 bridgehead atoms. The minimum absolute atomic E-state index is 0.00801. The largest absolute Gasteiger partial charge is 0.457 e. The molecule has 1 aliphatic heterocycles. The van der Waals surface area contributed by atoms with E-state index < -0.39 is 28.5 Å². The van der Waals surface area contributed by atoms with Crippen molar-refractivity contribution in [3.8, 4) is 11.3 Å². The average Bonchev–Trinajstić information content (AvgIpc) is 3.15. The Morgan fingerprint density at radius 1 is 1.33 bits per heavy atom. The van der Waals surface area contributed by atoms with Crippen LogP contribution in [0.4, 0.5) is 10.5 Å². The molecule has 10 heteroatoms. The highest BCUT2D eigenvalue weighted by Crippen LogP contribution is 2.33. The smallest absolute Gasteiger partial charge is 0.294 e. The zero-order chi connectivity index (χ0) is 19.7. The number of carbonyl (C=O) groups excluding carboxylic acids is 3. The Morgan fingerprint density at radius 3 is 2.70 bits per heavy atom. The maximum atomic E-state index is 12.2. The molecule has 0 spiro atoms. The average molecular weight is 387 g/mol. The van der Waals surface area contributed by atoms with Gasteiger partial charge in [-0.25, -0.2) is 0 Å².